The number of nitrogens with zero attached hydrogens (tertiary/aromatic N) is 4. The minimum absolute atomic E-state index is 0.0475. The summed E-state index contributed by atoms with van der Waals surface area (Å²) in [6.07, 6.45) is -1.20. The van der Waals surface area contributed by atoms with Gasteiger partial charge in [-0.25, -0.2) is 4.79 Å². The fourth-order valence-electron chi connectivity index (χ4n) is 5.40. The van der Waals surface area contributed by atoms with Crippen LogP contribution >= 0.6 is 0 Å². The van der Waals surface area contributed by atoms with E-state index in [1.54, 1.807) is 9.80 Å². The number of primary amides is 1. The maximum absolute atomic E-state index is 14.4. The third-order valence-electron chi connectivity index (χ3n) is 7.43. The van der Waals surface area contributed by atoms with E-state index in [2.05, 4.69) is 4.57 Å². The molecule has 0 aliphatic carbocycles. The number of carboxylic acid groups (broad SMARTS) is 1. The van der Waals surface area contributed by atoms with Crippen molar-refractivity contribution in [2.75, 3.05) is 26.2 Å². The van der Waals surface area contributed by atoms with Gasteiger partial charge in [-0.3, -0.25) is 14.4 Å². The van der Waals surface area contributed by atoms with Gasteiger partial charge in [0.15, 0.2) is 0 Å². The van der Waals surface area contributed by atoms with E-state index >= 15 is 0 Å². The molecule has 4 rings (SSSR count). The van der Waals surface area contributed by atoms with E-state index in [4.69, 9.17) is 5.73 Å². The number of piperazine rings is 1. The molecular weight excluding hydrogens is 522 g/mol. The second-order valence-electron chi connectivity index (χ2n) is 10.6. The molecule has 1 fully saturated rings. The van der Waals surface area contributed by atoms with E-state index in [1.807, 2.05) is 87.5 Å². The van der Waals surface area contributed by atoms with E-state index in [9.17, 15) is 24.3 Å². The summed E-state index contributed by atoms with van der Waals surface area (Å²) in [5.74, 6) is -1.07. The highest BCUT2D eigenvalue weighted by Crippen LogP contribution is 2.32. The number of para-hydroxylation sites is 1. The first-order chi connectivity index (χ1) is 19.6. The lowest BCUT2D eigenvalue weighted by atomic mass is 10.0. The molecule has 2 aromatic carbocycles. The predicted molar refractivity (Wildman–Crippen MR) is 156 cm³/mol. The van der Waals surface area contributed by atoms with Crippen LogP contribution in [0, 0.1) is 6.92 Å². The standard InChI is InChI=1S/C31H37N5O5/c1-21(2)35(28(38)15-14-27(32)37)20-25-19-33(31(40)41)16-17-34(25)30(39)26-18-22(3)36(24-12-8-5-9-13-24)29(26)23-10-6-4-7-11-23/h4-13,18,21,25H,14-17,19-20H2,1-3H3,(H2,32,37)(H,40,41)/t25-/m0/s1. The Morgan fingerprint density at radius 2 is 1.61 bits per heavy atom. The Bertz CT molecular complexity index is 1400. The molecule has 4 amide bonds. The summed E-state index contributed by atoms with van der Waals surface area (Å²) >= 11 is 0. The molecule has 2 heterocycles. The van der Waals surface area contributed by atoms with E-state index in [-0.39, 0.29) is 56.9 Å². The second-order valence-corrected chi connectivity index (χ2v) is 10.6. The molecule has 3 aromatic rings. The monoisotopic (exact) mass is 559 g/mol. The Labute approximate surface area is 239 Å². The van der Waals surface area contributed by atoms with Crippen LogP contribution < -0.4 is 5.73 Å². The van der Waals surface area contributed by atoms with E-state index in [1.165, 1.54) is 4.90 Å². The van der Waals surface area contributed by atoms with Gasteiger partial charge in [-0.05, 0) is 44.5 Å². The molecule has 1 aromatic heterocycles. The lowest BCUT2D eigenvalue weighted by Gasteiger charge is -2.43. The van der Waals surface area contributed by atoms with E-state index < -0.39 is 18.0 Å². The van der Waals surface area contributed by atoms with Gasteiger partial charge in [0.05, 0.1) is 17.3 Å². The molecule has 1 aliphatic heterocycles. The predicted octanol–water partition coefficient (Wildman–Crippen LogP) is 3.76. The van der Waals surface area contributed by atoms with Gasteiger partial charge in [-0.2, -0.15) is 0 Å². The van der Waals surface area contributed by atoms with Crippen molar-refractivity contribution in [1.82, 2.24) is 19.3 Å². The third kappa shape index (κ3) is 6.59. The van der Waals surface area contributed by atoms with Crippen molar-refractivity contribution in [3.05, 3.63) is 78.0 Å². The number of hydrogen-bond donors (Lipinski definition) is 2. The van der Waals surface area contributed by atoms with Crippen molar-refractivity contribution < 1.29 is 24.3 Å². The van der Waals surface area contributed by atoms with Crippen LogP contribution in [0.1, 0.15) is 42.7 Å². The van der Waals surface area contributed by atoms with Crippen LogP contribution in [0.15, 0.2) is 66.7 Å². The summed E-state index contributed by atoms with van der Waals surface area (Å²) in [4.78, 5) is 55.2. The highest BCUT2D eigenvalue weighted by atomic mass is 16.4. The number of hydrogen-bond acceptors (Lipinski definition) is 4. The quantitative estimate of drug-likeness (QED) is 0.413. The molecule has 1 atom stereocenters. The van der Waals surface area contributed by atoms with Crippen molar-refractivity contribution in [2.45, 2.75) is 45.7 Å². The van der Waals surface area contributed by atoms with Crippen LogP contribution in [-0.4, -0.2) is 86.5 Å². The van der Waals surface area contributed by atoms with Gasteiger partial charge in [0, 0.05) is 56.4 Å². The fraction of sp³-hybridized carbons (Fsp3) is 0.355. The van der Waals surface area contributed by atoms with Crippen LogP contribution in [0.25, 0.3) is 16.9 Å². The van der Waals surface area contributed by atoms with Gasteiger partial charge in [0.25, 0.3) is 5.91 Å². The Kier molecular flexibility index (Phi) is 9.11. The Balaban J connectivity index is 1.75. The number of carbonyl (C=O) groups excluding carboxylic acids is 3. The molecule has 10 nitrogen and oxygen atoms in total. The zero-order valence-electron chi connectivity index (χ0n) is 23.7. The lowest BCUT2D eigenvalue weighted by molar-refractivity contribution is -0.135. The zero-order valence-corrected chi connectivity index (χ0v) is 23.7. The fourth-order valence-corrected chi connectivity index (χ4v) is 5.40. The number of aromatic nitrogens is 1. The van der Waals surface area contributed by atoms with Crippen LogP contribution in [0.4, 0.5) is 4.79 Å². The molecule has 0 bridgehead atoms. The average molecular weight is 560 g/mol. The molecule has 1 aliphatic rings. The maximum atomic E-state index is 14.4. The first-order valence-corrected chi connectivity index (χ1v) is 13.8. The van der Waals surface area contributed by atoms with Gasteiger partial charge >= 0.3 is 6.09 Å². The molecule has 0 unspecified atom stereocenters. The lowest BCUT2D eigenvalue weighted by Crippen LogP contribution is -2.60. The SMILES string of the molecule is Cc1cc(C(=O)N2CCN(C(=O)O)C[C@H]2CN(C(=O)CCC(N)=O)C(C)C)c(-c2ccccc2)n1-c1ccccc1. The van der Waals surface area contributed by atoms with Crippen LogP contribution in [0.5, 0.6) is 0 Å². The number of benzene rings is 2. The van der Waals surface area contributed by atoms with Gasteiger partial charge < -0.3 is 30.1 Å². The summed E-state index contributed by atoms with van der Waals surface area (Å²) in [7, 11) is 0. The first kappa shape index (κ1) is 29.4. The molecule has 41 heavy (non-hydrogen) atoms. The summed E-state index contributed by atoms with van der Waals surface area (Å²) in [6, 6.07) is 20.6. The van der Waals surface area contributed by atoms with Gasteiger partial charge in [0.2, 0.25) is 11.8 Å². The average Bonchev–Trinajstić information content (AvgIpc) is 3.31. The largest absolute Gasteiger partial charge is 0.465 e. The summed E-state index contributed by atoms with van der Waals surface area (Å²) < 4.78 is 2.05. The van der Waals surface area contributed by atoms with Crippen LogP contribution in [0.2, 0.25) is 0 Å². The number of carbonyl (C=O) groups is 4. The van der Waals surface area contributed by atoms with Crippen molar-refractivity contribution in [3.8, 4) is 16.9 Å². The van der Waals surface area contributed by atoms with Crippen molar-refractivity contribution >= 4 is 23.8 Å². The highest BCUT2D eigenvalue weighted by Gasteiger charge is 2.37. The van der Waals surface area contributed by atoms with Gasteiger partial charge in [0.1, 0.15) is 0 Å². The third-order valence-corrected chi connectivity index (χ3v) is 7.43. The molecule has 0 spiro atoms. The second kappa shape index (κ2) is 12.7. The van der Waals surface area contributed by atoms with Crippen LogP contribution in [0.3, 0.4) is 0 Å². The number of amides is 4. The Hall–Kier alpha value is -4.60. The minimum atomic E-state index is -1.07. The van der Waals surface area contributed by atoms with Crippen molar-refractivity contribution in [2.24, 2.45) is 5.73 Å². The molecule has 0 saturated carbocycles. The summed E-state index contributed by atoms with van der Waals surface area (Å²) in [6.45, 7) is 6.19. The minimum Gasteiger partial charge on any atom is -0.465 e. The van der Waals surface area contributed by atoms with Gasteiger partial charge in [-0.1, -0.05) is 48.5 Å². The molecule has 0 radical (unpaired) electrons. The van der Waals surface area contributed by atoms with Crippen LogP contribution in [-0.2, 0) is 9.59 Å². The van der Waals surface area contributed by atoms with E-state index in [0.717, 1.165) is 22.6 Å². The number of aryl methyl sites for hydroxylation is 1. The van der Waals surface area contributed by atoms with E-state index in [0.29, 0.717) is 5.56 Å². The zero-order chi connectivity index (χ0) is 29.7. The smallest absolute Gasteiger partial charge is 0.407 e. The highest BCUT2D eigenvalue weighted by molar-refractivity contribution is 6.01. The normalized spacial score (nSPS) is 15.2. The van der Waals surface area contributed by atoms with Crippen molar-refractivity contribution in [1.29, 1.82) is 0 Å². The molecule has 216 valence electrons. The van der Waals surface area contributed by atoms with Crippen molar-refractivity contribution in [3.63, 3.8) is 0 Å². The maximum Gasteiger partial charge on any atom is 0.407 e. The topological polar surface area (TPSA) is 129 Å². The number of rotatable bonds is 9. The Morgan fingerprint density at radius 3 is 2.20 bits per heavy atom. The summed E-state index contributed by atoms with van der Waals surface area (Å²) in [5.41, 5.74) is 9.18. The first-order valence-electron chi connectivity index (χ1n) is 13.8. The molecule has 3 N–H and O–H groups in total. The summed E-state index contributed by atoms with van der Waals surface area (Å²) in [5, 5.41) is 9.74. The molecule has 1 saturated heterocycles. The molecular formula is C31H37N5O5. The number of nitrogens with two attached hydrogens (primary N) is 1. The molecule has 10 heteroatoms. The Morgan fingerprint density at radius 1 is 0.976 bits per heavy atom. The van der Waals surface area contributed by atoms with Gasteiger partial charge in [-0.15, -0.1) is 0 Å².